The zero-order chi connectivity index (χ0) is 10.7. The maximum atomic E-state index is 10.9. The van der Waals surface area contributed by atoms with Crippen LogP contribution in [0.5, 0.6) is 0 Å². The normalized spacial score (nSPS) is 49.9. The lowest BCUT2D eigenvalue weighted by atomic mass is 9.89. The highest BCUT2D eigenvalue weighted by Crippen LogP contribution is 2.61. The lowest BCUT2D eigenvalue weighted by molar-refractivity contribution is -0.149. The molecular weight excluding hydrogens is 190 g/mol. The van der Waals surface area contributed by atoms with E-state index in [2.05, 4.69) is 0 Å². The SMILES string of the molecule is N[C@]1(C(=O)O)[C@H]2[C@@H](C[C@H]1O)[C@@H]2C(=O)O. The Morgan fingerprint density at radius 1 is 1.36 bits per heavy atom. The molecule has 6 heteroatoms. The number of carboxylic acids is 2. The summed E-state index contributed by atoms with van der Waals surface area (Å²) in [5, 5.41) is 27.0. The van der Waals surface area contributed by atoms with Gasteiger partial charge in [0.1, 0.15) is 5.54 Å². The molecule has 0 bridgehead atoms. The average Bonchev–Trinajstić information content (AvgIpc) is 2.70. The molecular formula is C8H11NO5. The van der Waals surface area contributed by atoms with Crippen LogP contribution < -0.4 is 5.73 Å². The fraction of sp³-hybridized carbons (Fsp3) is 0.750. The number of carboxylic acid groups (broad SMARTS) is 2. The Morgan fingerprint density at radius 3 is 2.36 bits per heavy atom. The number of hydrogen-bond acceptors (Lipinski definition) is 4. The van der Waals surface area contributed by atoms with Gasteiger partial charge < -0.3 is 21.1 Å². The van der Waals surface area contributed by atoms with Crippen molar-refractivity contribution in [3.05, 3.63) is 0 Å². The van der Waals surface area contributed by atoms with Gasteiger partial charge in [0.15, 0.2) is 0 Å². The van der Waals surface area contributed by atoms with E-state index < -0.39 is 35.4 Å². The molecule has 2 rings (SSSR count). The lowest BCUT2D eigenvalue weighted by Gasteiger charge is -2.26. The molecule has 0 unspecified atom stereocenters. The van der Waals surface area contributed by atoms with Crippen molar-refractivity contribution in [2.24, 2.45) is 23.5 Å². The van der Waals surface area contributed by atoms with E-state index in [4.69, 9.17) is 15.9 Å². The lowest BCUT2D eigenvalue weighted by Crippen LogP contribution is -2.57. The van der Waals surface area contributed by atoms with E-state index >= 15 is 0 Å². The van der Waals surface area contributed by atoms with Crippen LogP contribution in [-0.4, -0.2) is 38.9 Å². The summed E-state index contributed by atoms with van der Waals surface area (Å²) in [6, 6.07) is 0. The first-order chi connectivity index (χ1) is 6.40. The molecule has 0 spiro atoms. The first kappa shape index (κ1) is 9.42. The van der Waals surface area contributed by atoms with Crippen LogP contribution >= 0.6 is 0 Å². The summed E-state index contributed by atoms with van der Waals surface area (Å²) >= 11 is 0. The fourth-order valence-electron chi connectivity index (χ4n) is 2.62. The molecule has 6 nitrogen and oxygen atoms in total. The van der Waals surface area contributed by atoms with Crippen molar-refractivity contribution in [1.82, 2.24) is 0 Å². The largest absolute Gasteiger partial charge is 0.481 e. The van der Waals surface area contributed by atoms with Crippen molar-refractivity contribution in [3.8, 4) is 0 Å². The fourth-order valence-corrected chi connectivity index (χ4v) is 2.62. The van der Waals surface area contributed by atoms with Crippen LogP contribution in [0.15, 0.2) is 0 Å². The molecule has 5 N–H and O–H groups in total. The number of hydrogen-bond donors (Lipinski definition) is 4. The highest BCUT2D eigenvalue weighted by atomic mass is 16.4. The van der Waals surface area contributed by atoms with Gasteiger partial charge >= 0.3 is 11.9 Å². The van der Waals surface area contributed by atoms with Crippen LogP contribution in [-0.2, 0) is 9.59 Å². The molecule has 2 aliphatic carbocycles. The Labute approximate surface area is 79.3 Å². The van der Waals surface area contributed by atoms with Gasteiger partial charge in [-0.25, -0.2) is 0 Å². The van der Waals surface area contributed by atoms with Crippen molar-refractivity contribution < 1.29 is 24.9 Å². The Morgan fingerprint density at radius 2 is 1.93 bits per heavy atom. The molecule has 2 fully saturated rings. The second-order valence-electron chi connectivity index (χ2n) is 4.04. The summed E-state index contributed by atoms with van der Waals surface area (Å²) in [5.41, 5.74) is 3.78. The average molecular weight is 201 g/mol. The van der Waals surface area contributed by atoms with Gasteiger partial charge in [-0.15, -0.1) is 0 Å². The first-order valence-corrected chi connectivity index (χ1v) is 4.33. The van der Waals surface area contributed by atoms with Crippen LogP contribution in [0, 0.1) is 17.8 Å². The van der Waals surface area contributed by atoms with Gasteiger partial charge in [0.25, 0.3) is 0 Å². The number of carbonyl (C=O) groups is 2. The molecule has 0 aliphatic heterocycles. The first-order valence-electron chi connectivity index (χ1n) is 4.33. The summed E-state index contributed by atoms with van der Waals surface area (Å²) in [4.78, 5) is 21.5. The second-order valence-corrected chi connectivity index (χ2v) is 4.04. The van der Waals surface area contributed by atoms with Crippen molar-refractivity contribution in [3.63, 3.8) is 0 Å². The molecule has 0 saturated heterocycles. The van der Waals surface area contributed by atoms with Crippen LogP contribution in [0.4, 0.5) is 0 Å². The van der Waals surface area contributed by atoms with Crippen molar-refractivity contribution in [2.45, 2.75) is 18.1 Å². The van der Waals surface area contributed by atoms with E-state index in [9.17, 15) is 14.7 Å². The van der Waals surface area contributed by atoms with Crippen LogP contribution in [0.2, 0.25) is 0 Å². The zero-order valence-corrected chi connectivity index (χ0v) is 7.25. The van der Waals surface area contributed by atoms with Gasteiger partial charge in [-0.1, -0.05) is 0 Å². The minimum Gasteiger partial charge on any atom is -0.481 e. The smallest absolute Gasteiger partial charge is 0.326 e. The van der Waals surface area contributed by atoms with E-state index in [0.717, 1.165) is 0 Å². The third kappa shape index (κ3) is 0.869. The number of aliphatic carboxylic acids is 2. The van der Waals surface area contributed by atoms with E-state index in [-0.39, 0.29) is 12.3 Å². The van der Waals surface area contributed by atoms with Gasteiger partial charge in [0.2, 0.25) is 0 Å². The molecule has 0 radical (unpaired) electrons. The molecule has 2 saturated carbocycles. The van der Waals surface area contributed by atoms with Gasteiger partial charge in [0, 0.05) is 5.92 Å². The summed E-state index contributed by atoms with van der Waals surface area (Å²) in [5.74, 6) is -3.93. The molecule has 2 aliphatic rings. The maximum absolute atomic E-state index is 10.9. The molecule has 14 heavy (non-hydrogen) atoms. The zero-order valence-electron chi connectivity index (χ0n) is 7.25. The number of fused-ring (bicyclic) bond motifs is 1. The molecule has 5 atom stereocenters. The summed E-state index contributed by atoms with van der Waals surface area (Å²) in [6.07, 6.45) is -0.963. The van der Waals surface area contributed by atoms with Gasteiger partial charge in [-0.3, -0.25) is 9.59 Å². The van der Waals surface area contributed by atoms with Crippen LogP contribution in [0.25, 0.3) is 0 Å². The summed E-state index contributed by atoms with van der Waals surface area (Å²) < 4.78 is 0. The maximum Gasteiger partial charge on any atom is 0.326 e. The second kappa shape index (κ2) is 2.46. The molecule has 0 heterocycles. The number of rotatable bonds is 2. The molecule has 0 aromatic carbocycles. The predicted molar refractivity (Wildman–Crippen MR) is 43.3 cm³/mol. The van der Waals surface area contributed by atoms with E-state index in [1.807, 2.05) is 0 Å². The van der Waals surface area contributed by atoms with Crippen molar-refractivity contribution in [2.75, 3.05) is 0 Å². The third-order valence-corrected chi connectivity index (χ3v) is 3.42. The molecule has 78 valence electrons. The van der Waals surface area contributed by atoms with E-state index in [1.54, 1.807) is 0 Å². The van der Waals surface area contributed by atoms with Crippen LogP contribution in [0.3, 0.4) is 0 Å². The number of aliphatic hydroxyl groups excluding tert-OH is 1. The van der Waals surface area contributed by atoms with Crippen molar-refractivity contribution >= 4 is 11.9 Å². The Bertz CT molecular complexity index is 317. The van der Waals surface area contributed by atoms with Gasteiger partial charge in [-0.05, 0) is 12.3 Å². The molecule has 0 amide bonds. The summed E-state index contributed by atoms with van der Waals surface area (Å²) in [7, 11) is 0. The Balaban J connectivity index is 2.26. The standard InChI is InChI=1S/C8H11NO5/c9-8(7(13)14)3(10)1-2-4(5(2)8)6(11)12/h2-5,10H,1,9H2,(H,11,12)(H,13,14)/t2-,3+,4-,5-,8-/m0/s1. The minimum atomic E-state index is -1.77. The summed E-state index contributed by atoms with van der Waals surface area (Å²) in [6.45, 7) is 0. The predicted octanol–water partition coefficient (Wildman–Crippen LogP) is -1.52. The monoisotopic (exact) mass is 201 g/mol. The minimum absolute atomic E-state index is 0.171. The highest BCUT2D eigenvalue weighted by molar-refractivity contribution is 5.86. The topological polar surface area (TPSA) is 121 Å². The van der Waals surface area contributed by atoms with Crippen LogP contribution in [0.1, 0.15) is 6.42 Å². The van der Waals surface area contributed by atoms with Gasteiger partial charge in [-0.2, -0.15) is 0 Å². The highest BCUT2D eigenvalue weighted by Gasteiger charge is 2.73. The van der Waals surface area contributed by atoms with E-state index in [1.165, 1.54) is 0 Å². The van der Waals surface area contributed by atoms with E-state index in [0.29, 0.717) is 0 Å². The van der Waals surface area contributed by atoms with Crippen molar-refractivity contribution in [1.29, 1.82) is 0 Å². The Hall–Kier alpha value is -1.14. The van der Waals surface area contributed by atoms with Gasteiger partial charge in [0.05, 0.1) is 12.0 Å². The number of aliphatic hydroxyl groups is 1. The molecule has 0 aromatic rings. The molecule has 0 aromatic heterocycles. The quantitative estimate of drug-likeness (QED) is 0.430. The Kier molecular flexibility index (Phi) is 1.65. The number of nitrogens with two attached hydrogens (primary N) is 1. The third-order valence-electron chi connectivity index (χ3n) is 3.42.